The highest BCUT2D eigenvalue weighted by atomic mass is 35.5. The molecule has 2 rings (SSSR count). The van der Waals surface area contributed by atoms with Crippen molar-refractivity contribution in [3.05, 3.63) is 28.4 Å². The number of nitro groups is 1. The summed E-state index contributed by atoms with van der Waals surface area (Å²) in [4.78, 5) is 13.8. The first-order chi connectivity index (χ1) is 7.25. The molecule has 1 aliphatic heterocycles. The number of ether oxygens (including phenoxy) is 1. The standard InChI is InChI=1S/C9H11N3O3.ClH/c13-12(14)7-1-2-9(11-5-7)15-8-3-4-10-6-8;/h1-2,5,8,10H,3-4,6H2;1H/t8-;/m1./s1. The van der Waals surface area contributed by atoms with Crippen molar-refractivity contribution in [3.8, 4) is 5.88 Å². The van der Waals surface area contributed by atoms with Crippen LogP contribution < -0.4 is 10.1 Å². The third-order valence-electron chi connectivity index (χ3n) is 2.23. The van der Waals surface area contributed by atoms with Gasteiger partial charge in [0.25, 0.3) is 5.69 Å². The highest BCUT2D eigenvalue weighted by Crippen LogP contribution is 2.16. The maximum atomic E-state index is 10.4. The van der Waals surface area contributed by atoms with Gasteiger partial charge in [0.1, 0.15) is 12.3 Å². The quantitative estimate of drug-likeness (QED) is 0.639. The largest absolute Gasteiger partial charge is 0.473 e. The fourth-order valence-electron chi connectivity index (χ4n) is 1.45. The minimum absolute atomic E-state index is 0. The van der Waals surface area contributed by atoms with Gasteiger partial charge in [-0.25, -0.2) is 4.98 Å². The molecule has 0 unspecified atom stereocenters. The van der Waals surface area contributed by atoms with E-state index in [1.807, 2.05) is 0 Å². The van der Waals surface area contributed by atoms with E-state index >= 15 is 0 Å². The summed E-state index contributed by atoms with van der Waals surface area (Å²) in [6.07, 6.45) is 2.27. The minimum atomic E-state index is -0.478. The predicted octanol–water partition coefficient (Wildman–Crippen LogP) is 1.15. The Labute approximate surface area is 98.6 Å². The third kappa shape index (κ3) is 3.04. The van der Waals surface area contributed by atoms with Gasteiger partial charge in [-0.05, 0) is 13.0 Å². The summed E-state index contributed by atoms with van der Waals surface area (Å²) < 4.78 is 5.51. The number of hydrogen-bond donors (Lipinski definition) is 1. The molecule has 88 valence electrons. The van der Waals surface area contributed by atoms with E-state index in [4.69, 9.17) is 4.74 Å². The van der Waals surface area contributed by atoms with Crippen LogP contribution >= 0.6 is 12.4 Å². The summed E-state index contributed by atoms with van der Waals surface area (Å²) in [5, 5.41) is 13.5. The molecule has 0 radical (unpaired) electrons. The van der Waals surface area contributed by atoms with Crippen molar-refractivity contribution in [2.24, 2.45) is 0 Å². The molecule has 0 bridgehead atoms. The highest BCUT2D eigenvalue weighted by Gasteiger charge is 2.16. The second-order valence-corrected chi connectivity index (χ2v) is 3.34. The van der Waals surface area contributed by atoms with Crippen LogP contribution in [0.2, 0.25) is 0 Å². The van der Waals surface area contributed by atoms with Crippen LogP contribution in [0.4, 0.5) is 5.69 Å². The maximum Gasteiger partial charge on any atom is 0.287 e. The second-order valence-electron chi connectivity index (χ2n) is 3.34. The number of pyridine rings is 1. The Morgan fingerprint density at radius 2 is 2.38 bits per heavy atom. The van der Waals surface area contributed by atoms with Crippen molar-refractivity contribution < 1.29 is 9.66 Å². The Kier molecular flexibility index (Phi) is 4.45. The summed E-state index contributed by atoms with van der Waals surface area (Å²) in [6.45, 7) is 1.75. The van der Waals surface area contributed by atoms with Crippen molar-refractivity contribution in [2.75, 3.05) is 13.1 Å². The van der Waals surface area contributed by atoms with Gasteiger partial charge in [-0.1, -0.05) is 0 Å². The molecule has 1 N–H and O–H groups in total. The van der Waals surface area contributed by atoms with Crippen molar-refractivity contribution in [2.45, 2.75) is 12.5 Å². The monoisotopic (exact) mass is 245 g/mol. The number of nitrogens with zero attached hydrogens (tertiary/aromatic N) is 2. The molecule has 1 aliphatic rings. The highest BCUT2D eigenvalue weighted by molar-refractivity contribution is 5.85. The third-order valence-corrected chi connectivity index (χ3v) is 2.23. The SMILES string of the molecule is Cl.O=[N+]([O-])c1ccc(O[C@@H]2CCNC2)nc1. The number of aromatic nitrogens is 1. The molecule has 0 saturated carbocycles. The van der Waals surface area contributed by atoms with E-state index in [0.29, 0.717) is 5.88 Å². The van der Waals surface area contributed by atoms with E-state index in [2.05, 4.69) is 10.3 Å². The van der Waals surface area contributed by atoms with Gasteiger partial charge < -0.3 is 10.1 Å². The summed E-state index contributed by atoms with van der Waals surface area (Å²) in [7, 11) is 0. The first-order valence-electron chi connectivity index (χ1n) is 4.73. The summed E-state index contributed by atoms with van der Waals surface area (Å²) in [6, 6.07) is 2.92. The van der Waals surface area contributed by atoms with Gasteiger partial charge in [0.2, 0.25) is 5.88 Å². The molecule has 0 spiro atoms. The Morgan fingerprint density at radius 1 is 1.56 bits per heavy atom. The Hall–Kier alpha value is -1.40. The van der Waals surface area contributed by atoms with E-state index in [0.717, 1.165) is 19.5 Å². The lowest BCUT2D eigenvalue weighted by molar-refractivity contribution is -0.385. The number of rotatable bonds is 3. The van der Waals surface area contributed by atoms with E-state index in [9.17, 15) is 10.1 Å². The van der Waals surface area contributed by atoms with Crippen molar-refractivity contribution in [1.82, 2.24) is 10.3 Å². The molecule has 1 fully saturated rings. The molecule has 0 amide bonds. The van der Waals surface area contributed by atoms with Gasteiger partial charge >= 0.3 is 0 Å². The molecule has 16 heavy (non-hydrogen) atoms. The molecule has 6 nitrogen and oxygen atoms in total. The zero-order valence-corrected chi connectivity index (χ0v) is 9.27. The topological polar surface area (TPSA) is 77.3 Å². The fourth-order valence-corrected chi connectivity index (χ4v) is 1.45. The number of halogens is 1. The molecule has 1 saturated heterocycles. The average Bonchev–Trinajstić information content (AvgIpc) is 2.71. The maximum absolute atomic E-state index is 10.4. The normalized spacial score (nSPS) is 18.9. The van der Waals surface area contributed by atoms with Crippen molar-refractivity contribution >= 4 is 18.1 Å². The molecule has 1 aromatic rings. The van der Waals surface area contributed by atoms with Crippen LogP contribution in [0.3, 0.4) is 0 Å². The summed E-state index contributed by atoms with van der Waals surface area (Å²) in [5.74, 6) is 0.439. The van der Waals surface area contributed by atoms with Crippen LogP contribution in [0.15, 0.2) is 18.3 Å². The van der Waals surface area contributed by atoms with Crippen LogP contribution in [0, 0.1) is 10.1 Å². The van der Waals surface area contributed by atoms with Crippen LogP contribution in [0.1, 0.15) is 6.42 Å². The van der Waals surface area contributed by atoms with Gasteiger partial charge in [0.15, 0.2) is 0 Å². The number of nitrogens with one attached hydrogen (secondary N) is 1. The van der Waals surface area contributed by atoms with Crippen LogP contribution in [0.25, 0.3) is 0 Å². The Morgan fingerprint density at radius 3 is 2.88 bits per heavy atom. The van der Waals surface area contributed by atoms with Gasteiger partial charge in [0, 0.05) is 18.7 Å². The molecule has 1 aromatic heterocycles. The zero-order valence-electron chi connectivity index (χ0n) is 8.46. The molecule has 0 aliphatic carbocycles. The molecule has 0 aromatic carbocycles. The molecule has 1 atom stereocenters. The van der Waals surface area contributed by atoms with Crippen LogP contribution in [-0.4, -0.2) is 29.1 Å². The zero-order chi connectivity index (χ0) is 10.7. The average molecular weight is 246 g/mol. The first kappa shape index (κ1) is 12.7. The minimum Gasteiger partial charge on any atom is -0.473 e. The fraction of sp³-hybridized carbons (Fsp3) is 0.444. The van der Waals surface area contributed by atoms with Crippen LogP contribution in [-0.2, 0) is 0 Å². The lowest BCUT2D eigenvalue weighted by atomic mass is 10.3. The molecule has 2 heterocycles. The van der Waals surface area contributed by atoms with Gasteiger partial charge in [0.05, 0.1) is 4.92 Å². The van der Waals surface area contributed by atoms with E-state index in [1.165, 1.54) is 18.3 Å². The van der Waals surface area contributed by atoms with E-state index < -0.39 is 4.92 Å². The lowest BCUT2D eigenvalue weighted by Crippen LogP contribution is -2.19. The first-order valence-corrected chi connectivity index (χ1v) is 4.73. The van der Waals surface area contributed by atoms with Gasteiger partial charge in [-0.2, -0.15) is 0 Å². The van der Waals surface area contributed by atoms with Crippen molar-refractivity contribution in [1.29, 1.82) is 0 Å². The Balaban J connectivity index is 0.00000128. The molecular weight excluding hydrogens is 234 g/mol. The van der Waals surface area contributed by atoms with Gasteiger partial charge in [-0.3, -0.25) is 10.1 Å². The predicted molar refractivity (Wildman–Crippen MR) is 60.0 cm³/mol. The van der Waals surface area contributed by atoms with E-state index in [-0.39, 0.29) is 24.2 Å². The number of hydrogen-bond acceptors (Lipinski definition) is 5. The van der Waals surface area contributed by atoms with Crippen molar-refractivity contribution in [3.63, 3.8) is 0 Å². The summed E-state index contributed by atoms with van der Waals surface area (Å²) >= 11 is 0. The van der Waals surface area contributed by atoms with Gasteiger partial charge in [-0.15, -0.1) is 12.4 Å². The smallest absolute Gasteiger partial charge is 0.287 e. The molecular formula is C9H12ClN3O3. The Bertz CT molecular complexity index is 352. The second kappa shape index (κ2) is 5.62. The van der Waals surface area contributed by atoms with Crippen LogP contribution in [0.5, 0.6) is 5.88 Å². The summed E-state index contributed by atoms with van der Waals surface area (Å²) in [5.41, 5.74) is -0.0214. The lowest BCUT2D eigenvalue weighted by Gasteiger charge is -2.10. The van der Waals surface area contributed by atoms with E-state index in [1.54, 1.807) is 0 Å². The molecule has 7 heteroatoms.